The lowest BCUT2D eigenvalue weighted by Gasteiger charge is -2.18. The third kappa shape index (κ3) is 8.06. The summed E-state index contributed by atoms with van der Waals surface area (Å²) < 4.78 is 30.5. The zero-order valence-corrected chi connectivity index (χ0v) is 21.9. The number of halogens is 1. The van der Waals surface area contributed by atoms with Crippen molar-refractivity contribution in [3.05, 3.63) is 95.4 Å². The molecule has 1 aliphatic rings. The SMILES string of the molecule is COC1=C/C(=N/C=C\COc2ccc(NC(=O)C(=O)NCCc3ccc(C)cc3)cc2F)C(C)C=C1OC. The maximum atomic E-state index is 14.5. The molecule has 2 aromatic rings. The molecule has 0 spiro atoms. The van der Waals surface area contributed by atoms with Gasteiger partial charge in [0.25, 0.3) is 0 Å². The van der Waals surface area contributed by atoms with Gasteiger partial charge in [-0.15, -0.1) is 0 Å². The number of hydrogen-bond acceptors (Lipinski definition) is 6. The number of carbonyl (C=O) groups is 2. The van der Waals surface area contributed by atoms with Crippen molar-refractivity contribution in [2.45, 2.75) is 20.3 Å². The van der Waals surface area contributed by atoms with Crippen LogP contribution in [0.2, 0.25) is 0 Å². The summed E-state index contributed by atoms with van der Waals surface area (Å²) in [6, 6.07) is 11.8. The number of allylic oxidation sites excluding steroid dienone is 2. The number of carbonyl (C=O) groups excluding carboxylic acids is 2. The van der Waals surface area contributed by atoms with Crippen LogP contribution in [0.4, 0.5) is 10.1 Å². The van der Waals surface area contributed by atoms with Crippen LogP contribution in [0.1, 0.15) is 18.1 Å². The maximum absolute atomic E-state index is 14.5. The number of amides is 2. The molecule has 2 amide bonds. The molecule has 0 aromatic heterocycles. The molecule has 0 fully saturated rings. The first-order valence-electron chi connectivity index (χ1n) is 12.1. The second-order valence-corrected chi connectivity index (χ2v) is 8.58. The number of aryl methyl sites for hydroxylation is 1. The number of nitrogens with zero attached hydrogens (tertiary/aromatic N) is 1. The molecule has 3 rings (SSSR count). The van der Waals surface area contributed by atoms with Gasteiger partial charge in [0.1, 0.15) is 6.61 Å². The van der Waals surface area contributed by atoms with E-state index in [4.69, 9.17) is 14.2 Å². The molecule has 1 atom stereocenters. The largest absolute Gasteiger partial charge is 0.493 e. The van der Waals surface area contributed by atoms with Crippen LogP contribution in [0.3, 0.4) is 0 Å². The maximum Gasteiger partial charge on any atom is 0.313 e. The smallest absolute Gasteiger partial charge is 0.313 e. The van der Waals surface area contributed by atoms with E-state index in [9.17, 15) is 14.0 Å². The highest BCUT2D eigenvalue weighted by atomic mass is 19.1. The molecule has 200 valence electrons. The summed E-state index contributed by atoms with van der Waals surface area (Å²) in [5.41, 5.74) is 3.12. The molecule has 1 unspecified atom stereocenters. The van der Waals surface area contributed by atoms with E-state index >= 15 is 0 Å². The lowest BCUT2D eigenvalue weighted by Crippen LogP contribution is -2.36. The van der Waals surface area contributed by atoms with Crippen LogP contribution in [-0.4, -0.2) is 44.9 Å². The van der Waals surface area contributed by atoms with Crippen LogP contribution in [0.25, 0.3) is 0 Å². The Balaban J connectivity index is 1.46. The number of nitrogens with one attached hydrogen (secondary N) is 2. The average Bonchev–Trinajstić information content (AvgIpc) is 2.91. The van der Waals surface area contributed by atoms with E-state index in [1.165, 1.54) is 12.1 Å². The third-order valence-electron chi connectivity index (χ3n) is 5.71. The van der Waals surface area contributed by atoms with Crippen LogP contribution in [0.5, 0.6) is 5.75 Å². The number of anilines is 1. The fourth-order valence-corrected chi connectivity index (χ4v) is 3.57. The summed E-state index contributed by atoms with van der Waals surface area (Å²) in [4.78, 5) is 28.6. The molecule has 0 radical (unpaired) electrons. The first kappa shape index (κ1) is 28.2. The van der Waals surface area contributed by atoms with Gasteiger partial charge in [-0.05, 0) is 43.2 Å². The number of rotatable bonds is 10. The van der Waals surface area contributed by atoms with Crippen LogP contribution >= 0.6 is 0 Å². The highest BCUT2D eigenvalue weighted by Gasteiger charge is 2.19. The van der Waals surface area contributed by atoms with E-state index < -0.39 is 17.6 Å². The van der Waals surface area contributed by atoms with E-state index in [1.807, 2.05) is 44.2 Å². The molecule has 2 N–H and O–H groups in total. The number of aliphatic imine (C=N–C) groups is 1. The normalized spacial score (nSPS) is 16.0. The third-order valence-corrected chi connectivity index (χ3v) is 5.71. The second kappa shape index (κ2) is 13.8. The Kier molecular flexibility index (Phi) is 10.2. The minimum absolute atomic E-state index is 0.00289. The highest BCUT2D eigenvalue weighted by molar-refractivity contribution is 6.39. The van der Waals surface area contributed by atoms with Gasteiger partial charge in [0.15, 0.2) is 23.1 Å². The van der Waals surface area contributed by atoms with Crippen molar-refractivity contribution in [3.8, 4) is 5.75 Å². The van der Waals surface area contributed by atoms with E-state index in [2.05, 4.69) is 15.6 Å². The first-order valence-corrected chi connectivity index (χ1v) is 12.1. The van der Waals surface area contributed by atoms with E-state index in [-0.39, 0.29) is 24.0 Å². The van der Waals surface area contributed by atoms with Crippen LogP contribution < -0.4 is 15.4 Å². The molecular weight excluding hydrogens is 489 g/mol. The second-order valence-electron chi connectivity index (χ2n) is 8.58. The highest BCUT2D eigenvalue weighted by Crippen LogP contribution is 2.23. The van der Waals surface area contributed by atoms with Gasteiger partial charge in [0, 0.05) is 36.5 Å². The Labute approximate surface area is 221 Å². The van der Waals surface area contributed by atoms with Gasteiger partial charge in [-0.25, -0.2) is 4.39 Å². The van der Waals surface area contributed by atoms with Crippen LogP contribution in [0, 0.1) is 18.7 Å². The average molecular weight is 522 g/mol. The molecule has 9 heteroatoms. The molecule has 38 heavy (non-hydrogen) atoms. The summed E-state index contributed by atoms with van der Waals surface area (Å²) >= 11 is 0. The lowest BCUT2D eigenvalue weighted by molar-refractivity contribution is -0.136. The van der Waals surface area contributed by atoms with Crippen molar-refractivity contribution in [1.82, 2.24) is 5.32 Å². The standard InChI is InChI=1S/C29H32FN3O5/c1-19-6-8-21(9-7-19)12-14-32-28(34)29(35)33-22-10-11-25(23(30)17-22)38-15-5-13-31-24-18-27(37-4)26(36-3)16-20(24)2/h5-11,13,16-18,20H,12,14-15H2,1-4H3,(H,32,34)(H,33,35)/b13-5-,31-24-. The Morgan fingerprint density at radius 3 is 2.47 bits per heavy atom. The monoisotopic (exact) mass is 521 g/mol. The van der Waals surface area contributed by atoms with E-state index in [0.717, 1.165) is 22.9 Å². The first-order chi connectivity index (χ1) is 18.3. The van der Waals surface area contributed by atoms with Crippen molar-refractivity contribution < 1.29 is 28.2 Å². The molecule has 2 aromatic carbocycles. The molecular formula is C29H32FN3O5. The lowest BCUT2D eigenvalue weighted by atomic mass is 9.98. The van der Waals surface area contributed by atoms with Gasteiger partial charge >= 0.3 is 11.8 Å². The topological polar surface area (TPSA) is 98.3 Å². The summed E-state index contributed by atoms with van der Waals surface area (Å²) in [5, 5.41) is 4.95. The van der Waals surface area contributed by atoms with Crippen molar-refractivity contribution >= 4 is 23.2 Å². The quantitative estimate of drug-likeness (QED) is 0.450. The van der Waals surface area contributed by atoms with Gasteiger partial charge < -0.3 is 24.8 Å². The van der Waals surface area contributed by atoms with Crippen LogP contribution in [-0.2, 0) is 25.5 Å². The number of hydrogen-bond donors (Lipinski definition) is 2. The zero-order chi connectivity index (χ0) is 27.5. The fraction of sp³-hybridized carbons (Fsp3) is 0.276. The number of ether oxygens (including phenoxy) is 3. The van der Waals surface area contributed by atoms with Gasteiger partial charge in [0.05, 0.1) is 19.9 Å². The Morgan fingerprint density at radius 2 is 1.79 bits per heavy atom. The van der Waals surface area contributed by atoms with Gasteiger partial charge in [0.2, 0.25) is 0 Å². The van der Waals surface area contributed by atoms with E-state index in [0.29, 0.717) is 24.5 Å². The van der Waals surface area contributed by atoms with E-state index in [1.54, 1.807) is 32.6 Å². The molecule has 0 aliphatic heterocycles. The Morgan fingerprint density at radius 1 is 1.05 bits per heavy atom. The summed E-state index contributed by atoms with van der Waals surface area (Å²) in [5.74, 6) is -1.07. The van der Waals surface area contributed by atoms with Gasteiger partial charge in [-0.1, -0.05) is 36.8 Å². The molecule has 0 heterocycles. The van der Waals surface area contributed by atoms with Crippen molar-refractivity contribution in [2.24, 2.45) is 10.9 Å². The Bertz CT molecular complexity index is 1270. The minimum atomic E-state index is -0.876. The van der Waals surface area contributed by atoms with Crippen LogP contribution in [0.15, 0.2) is 83.4 Å². The fourth-order valence-electron chi connectivity index (χ4n) is 3.57. The summed E-state index contributed by atoms with van der Waals surface area (Å²) in [6.07, 6.45) is 7.52. The zero-order valence-electron chi connectivity index (χ0n) is 21.9. The van der Waals surface area contributed by atoms with Crippen molar-refractivity contribution in [2.75, 3.05) is 32.7 Å². The van der Waals surface area contributed by atoms with Gasteiger partial charge in [-0.3, -0.25) is 14.6 Å². The van der Waals surface area contributed by atoms with Gasteiger partial charge in [-0.2, -0.15) is 0 Å². The molecule has 8 nitrogen and oxygen atoms in total. The molecule has 0 saturated heterocycles. The van der Waals surface area contributed by atoms with Crippen molar-refractivity contribution in [1.29, 1.82) is 0 Å². The summed E-state index contributed by atoms with van der Waals surface area (Å²) in [7, 11) is 3.14. The predicted octanol–water partition coefficient (Wildman–Crippen LogP) is 4.48. The van der Waals surface area contributed by atoms with Crippen molar-refractivity contribution in [3.63, 3.8) is 0 Å². The summed E-state index contributed by atoms with van der Waals surface area (Å²) in [6.45, 7) is 4.37. The molecule has 1 aliphatic carbocycles. The number of benzene rings is 2. The Hall–Kier alpha value is -4.40. The molecule has 0 bridgehead atoms. The number of methoxy groups -OCH3 is 2. The molecule has 0 saturated carbocycles. The minimum Gasteiger partial charge on any atom is -0.493 e. The predicted molar refractivity (Wildman–Crippen MR) is 144 cm³/mol.